The van der Waals surface area contributed by atoms with Crippen LogP contribution in [0.25, 0.3) is 16.8 Å². The molecule has 2 aliphatic rings. The molecular weight excluding hydrogens is 608 g/mol. The minimum absolute atomic E-state index is 0.0713. The van der Waals surface area contributed by atoms with Crippen LogP contribution in [0.3, 0.4) is 0 Å². The number of alkyl halides is 3. The Morgan fingerprint density at radius 2 is 1.89 bits per heavy atom. The Balaban J connectivity index is 1.26. The van der Waals surface area contributed by atoms with Crippen molar-refractivity contribution in [2.24, 2.45) is 0 Å². The number of nitrogens with zero attached hydrogens (tertiary/aromatic N) is 6. The van der Waals surface area contributed by atoms with E-state index in [-0.39, 0.29) is 35.2 Å². The molecule has 5 heterocycles. The van der Waals surface area contributed by atoms with E-state index in [1.54, 1.807) is 11.0 Å². The molecule has 17 heteroatoms. The van der Waals surface area contributed by atoms with E-state index in [1.807, 2.05) is 0 Å². The summed E-state index contributed by atoms with van der Waals surface area (Å²) in [5.41, 5.74) is 7.85. The van der Waals surface area contributed by atoms with E-state index in [1.165, 1.54) is 30.2 Å². The highest BCUT2D eigenvalue weighted by atomic mass is 32.2. The van der Waals surface area contributed by atoms with Crippen LogP contribution in [-0.4, -0.2) is 94.5 Å². The maximum absolute atomic E-state index is 15.0. The zero-order valence-corrected chi connectivity index (χ0v) is 23.9. The molecule has 0 bridgehead atoms. The summed E-state index contributed by atoms with van der Waals surface area (Å²) in [6.45, 7) is -1.52. The number of anilines is 1. The lowest BCUT2D eigenvalue weighted by Gasteiger charge is -2.38. The maximum atomic E-state index is 15.0. The first-order valence-electron chi connectivity index (χ1n) is 13.3. The number of hydrogen-bond donors (Lipinski definition) is 2. The molecule has 0 spiro atoms. The smallest absolute Gasteiger partial charge is 0.272 e. The van der Waals surface area contributed by atoms with Gasteiger partial charge in [-0.2, -0.15) is 9.40 Å². The number of sulfonamides is 1. The molecule has 2 atom stereocenters. The van der Waals surface area contributed by atoms with E-state index in [0.29, 0.717) is 22.3 Å². The first-order valence-corrected chi connectivity index (χ1v) is 14.8. The number of nitrogens with two attached hydrogens (primary N) is 1. The van der Waals surface area contributed by atoms with Gasteiger partial charge in [-0.1, -0.05) is 0 Å². The lowest BCUT2D eigenvalue weighted by molar-refractivity contribution is -0.133. The van der Waals surface area contributed by atoms with Crippen molar-refractivity contribution in [1.82, 2.24) is 34.1 Å². The van der Waals surface area contributed by atoms with Crippen LogP contribution < -0.4 is 15.8 Å². The van der Waals surface area contributed by atoms with Gasteiger partial charge in [0.15, 0.2) is 5.82 Å². The molecule has 3 N–H and O–H groups in total. The number of nitrogen functional groups attached to an aromatic ring is 1. The van der Waals surface area contributed by atoms with Crippen LogP contribution in [0.1, 0.15) is 15.9 Å². The first-order chi connectivity index (χ1) is 20.9. The van der Waals surface area contributed by atoms with Gasteiger partial charge in [0.05, 0.1) is 36.8 Å². The van der Waals surface area contributed by atoms with Gasteiger partial charge in [-0.3, -0.25) is 9.69 Å². The van der Waals surface area contributed by atoms with Gasteiger partial charge < -0.3 is 15.8 Å². The zero-order chi connectivity index (χ0) is 31.4. The molecule has 6 rings (SSSR count). The SMILES string of the molecule is COc1ncc(-c2cc(CN3CC(F)(F)C3)c3c(N)ncnn23)cc1C(=O)N[C@@H]1CN(S(=O)(=O)c2ccc(F)cc2)C[C@@H]1F. The summed E-state index contributed by atoms with van der Waals surface area (Å²) in [4.78, 5) is 23.0. The van der Waals surface area contributed by atoms with E-state index in [0.717, 1.165) is 28.6 Å². The van der Waals surface area contributed by atoms with Crippen LogP contribution >= 0.6 is 0 Å². The lowest BCUT2D eigenvalue weighted by Crippen LogP contribution is -2.55. The fraction of sp³-hybridized carbons (Fsp3) is 0.333. The minimum Gasteiger partial charge on any atom is -0.480 e. The van der Waals surface area contributed by atoms with Crippen molar-refractivity contribution in [1.29, 1.82) is 0 Å². The molecule has 3 aromatic heterocycles. The fourth-order valence-electron chi connectivity index (χ4n) is 5.41. The van der Waals surface area contributed by atoms with Gasteiger partial charge in [0.25, 0.3) is 11.8 Å². The first kappa shape index (κ1) is 29.7. The molecule has 0 saturated carbocycles. The molecule has 2 aliphatic heterocycles. The number of carbonyl (C=O) groups excluding carboxylic acids is 1. The summed E-state index contributed by atoms with van der Waals surface area (Å²) in [6.07, 6.45) is 0.912. The fourth-order valence-corrected chi connectivity index (χ4v) is 6.89. The van der Waals surface area contributed by atoms with Gasteiger partial charge in [-0.05, 0) is 42.0 Å². The van der Waals surface area contributed by atoms with Crippen LogP contribution in [-0.2, 0) is 16.6 Å². The van der Waals surface area contributed by atoms with Crippen molar-refractivity contribution in [3.63, 3.8) is 0 Å². The van der Waals surface area contributed by atoms with Crippen LogP contribution in [0.2, 0.25) is 0 Å². The third kappa shape index (κ3) is 5.41. The van der Waals surface area contributed by atoms with Crippen molar-refractivity contribution >= 4 is 27.3 Å². The number of amides is 1. The Morgan fingerprint density at radius 1 is 1.16 bits per heavy atom. The highest BCUT2D eigenvalue weighted by Gasteiger charge is 2.44. The Labute approximate surface area is 248 Å². The molecule has 12 nitrogen and oxygen atoms in total. The van der Waals surface area contributed by atoms with Crippen LogP contribution in [0.4, 0.5) is 23.4 Å². The monoisotopic (exact) mass is 634 g/mol. The average Bonchev–Trinajstić information content (AvgIpc) is 3.53. The van der Waals surface area contributed by atoms with E-state index in [4.69, 9.17) is 10.5 Å². The summed E-state index contributed by atoms with van der Waals surface area (Å²) in [5, 5.41) is 6.79. The van der Waals surface area contributed by atoms with Crippen molar-refractivity contribution < 1.29 is 35.5 Å². The molecular formula is C27H26F4N8O4S. The second-order valence-electron chi connectivity index (χ2n) is 10.6. The number of aromatic nitrogens is 4. The second-order valence-corrected chi connectivity index (χ2v) is 12.6. The quantitative estimate of drug-likeness (QED) is 0.278. The number of nitrogens with one attached hydrogen (secondary N) is 1. The van der Waals surface area contributed by atoms with Gasteiger partial charge in [-0.15, -0.1) is 0 Å². The molecule has 1 aromatic carbocycles. The van der Waals surface area contributed by atoms with Crippen LogP contribution in [0, 0.1) is 5.82 Å². The number of halogens is 4. The number of fused-ring (bicyclic) bond motifs is 1. The van der Waals surface area contributed by atoms with Crippen molar-refractivity contribution in [2.45, 2.75) is 29.6 Å². The standard InChI is InChI=1S/C27H26F4N8O4S/c1-43-26-19(25(40)36-21-11-38(10-20(21)29)44(41,42)18-4-2-17(28)3-5-18)6-15(8-33-26)22-7-16(9-37-12-27(30,31)13-37)23-24(32)34-14-35-39(22)23/h2-8,14,20-21H,9-13H2,1H3,(H,36,40)(H2,32,34,35)/t20-,21+/m0/s1. The third-order valence-corrected chi connectivity index (χ3v) is 9.38. The maximum Gasteiger partial charge on any atom is 0.272 e. The normalized spacial score (nSPS) is 20.5. The van der Waals surface area contributed by atoms with Crippen molar-refractivity contribution in [3.8, 4) is 17.1 Å². The molecule has 44 heavy (non-hydrogen) atoms. The van der Waals surface area contributed by atoms with E-state index in [2.05, 4.69) is 20.4 Å². The lowest BCUT2D eigenvalue weighted by atomic mass is 10.1. The van der Waals surface area contributed by atoms with E-state index >= 15 is 4.39 Å². The molecule has 2 saturated heterocycles. The topological polar surface area (TPSA) is 148 Å². The van der Waals surface area contributed by atoms with Crippen molar-refractivity contribution in [3.05, 3.63) is 65.9 Å². The van der Waals surface area contributed by atoms with Gasteiger partial charge in [0.2, 0.25) is 15.9 Å². The predicted octanol–water partition coefficient (Wildman–Crippen LogP) is 2.11. The summed E-state index contributed by atoms with van der Waals surface area (Å²) in [6, 6.07) is 6.08. The number of hydrogen-bond acceptors (Lipinski definition) is 9. The number of carbonyl (C=O) groups is 1. The Bertz CT molecular complexity index is 1850. The summed E-state index contributed by atoms with van der Waals surface area (Å²) in [5.74, 6) is -4.10. The summed E-state index contributed by atoms with van der Waals surface area (Å²) in [7, 11) is -2.85. The number of benzene rings is 1. The molecule has 2 fully saturated rings. The molecule has 0 unspecified atom stereocenters. The number of ether oxygens (including phenoxy) is 1. The third-order valence-electron chi connectivity index (χ3n) is 7.53. The van der Waals surface area contributed by atoms with Gasteiger partial charge >= 0.3 is 0 Å². The number of pyridine rings is 1. The van der Waals surface area contributed by atoms with E-state index in [9.17, 15) is 26.4 Å². The van der Waals surface area contributed by atoms with Crippen LogP contribution in [0.5, 0.6) is 5.88 Å². The highest BCUT2D eigenvalue weighted by molar-refractivity contribution is 7.89. The summed E-state index contributed by atoms with van der Waals surface area (Å²) < 4.78 is 88.8. The van der Waals surface area contributed by atoms with Gasteiger partial charge in [0.1, 0.15) is 29.4 Å². The highest BCUT2D eigenvalue weighted by Crippen LogP contribution is 2.34. The Hall–Kier alpha value is -4.35. The molecule has 1 amide bonds. The molecule has 4 aromatic rings. The van der Waals surface area contributed by atoms with E-state index < -0.39 is 59.5 Å². The number of methoxy groups -OCH3 is 1. The number of likely N-dealkylation sites (tertiary alicyclic amines) is 1. The largest absolute Gasteiger partial charge is 0.480 e. The molecule has 0 radical (unpaired) electrons. The second kappa shape index (κ2) is 11.0. The Morgan fingerprint density at radius 3 is 2.57 bits per heavy atom. The molecule has 0 aliphatic carbocycles. The molecule has 232 valence electrons. The van der Waals surface area contributed by atoms with Gasteiger partial charge in [-0.25, -0.2) is 40.5 Å². The average molecular weight is 635 g/mol. The van der Waals surface area contributed by atoms with Crippen molar-refractivity contribution in [2.75, 3.05) is 39.0 Å². The summed E-state index contributed by atoms with van der Waals surface area (Å²) >= 11 is 0. The van der Waals surface area contributed by atoms with Gasteiger partial charge in [0, 0.05) is 31.4 Å². The van der Waals surface area contributed by atoms with Crippen LogP contribution in [0.15, 0.2) is 53.8 Å². The number of rotatable bonds is 8. The minimum atomic E-state index is -4.14. The zero-order valence-electron chi connectivity index (χ0n) is 23.1. The Kier molecular flexibility index (Phi) is 7.41. The predicted molar refractivity (Wildman–Crippen MR) is 149 cm³/mol.